The number of nitriles is 1. The van der Waals surface area contributed by atoms with Crippen LogP contribution in [0, 0.1) is 11.3 Å². The first-order valence-electron chi connectivity index (χ1n) is 5.38. The highest BCUT2D eigenvalue weighted by molar-refractivity contribution is 7.08. The maximum Gasteiger partial charge on any atom is 0.303 e. The van der Waals surface area contributed by atoms with Gasteiger partial charge in [-0.2, -0.15) is 16.6 Å². The van der Waals surface area contributed by atoms with E-state index < -0.39 is 17.4 Å². The van der Waals surface area contributed by atoms with Crippen LogP contribution in [-0.4, -0.2) is 22.2 Å². The van der Waals surface area contributed by atoms with Crippen LogP contribution in [0.2, 0.25) is 0 Å². The van der Waals surface area contributed by atoms with E-state index in [1.165, 1.54) is 11.3 Å². The van der Waals surface area contributed by atoms with Crippen LogP contribution in [0.3, 0.4) is 0 Å². The maximum atomic E-state index is 10.6. The summed E-state index contributed by atoms with van der Waals surface area (Å²) in [4.78, 5) is 21.3. The van der Waals surface area contributed by atoms with E-state index in [-0.39, 0.29) is 25.7 Å². The van der Waals surface area contributed by atoms with Crippen LogP contribution in [0.25, 0.3) is 0 Å². The Hall–Kier alpha value is -1.87. The van der Waals surface area contributed by atoms with E-state index in [1.54, 1.807) is 16.8 Å². The van der Waals surface area contributed by atoms with Gasteiger partial charge in [-0.05, 0) is 35.2 Å². The monoisotopic (exact) mass is 267 g/mol. The van der Waals surface area contributed by atoms with E-state index in [1.807, 2.05) is 0 Å². The molecule has 1 heterocycles. The standard InChI is InChI=1S/C12H13NO4S/c13-8-12(4-1-10(14)15,5-2-11(16)17)9-3-6-18-7-9/h3,6-7H,1-2,4-5H2,(H,14,15)(H,16,17). The molecule has 18 heavy (non-hydrogen) atoms. The minimum absolute atomic E-state index is 0.128. The van der Waals surface area contributed by atoms with Crippen LogP contribution in [0.4, 0.5) is 0 Å². The van der Waals surface area contributed by atoms with E-state index in [4.69, 9.17) is 10.2 Å². The lowest BCUT2D eigenvalue weighted by molar-refractivity contribution is -0.137. The molecule has 6 heteroatoms. The summed E-state index contributed by atoms with van der Waals surface area (Å²) in [5, 5.41) is 30.4. The Morgan fingerprint density at radius 2 is 1.83 bits per heavy atom. The number of aliphatic carboxylic acids is 2. The third-order valence-electron chi connectivity index (χ3n) is 2.82. The molecule has 0 radical (unpaired) electrons. The summed E-state index contributed by atoms with van der Waals surface area (Å²) in [6.07, 6.45) is -0.0439. The minimum Gasteiger partial charge on any atom is -0.481 e. The summed E-state index contributed by atoms with van der Waals surface area (Å²) in [7, 11) is 0. The van der Waals surface area contributed by atoms with Gasteiger partial charge in [-0.15, -0.1) is 0 Å². The average molecular weight is 267 g/mol. The van der Waals surface area contributed by atoms with Gasteiger partial charge in [0.2, 0.25) is 0 Å². The van der Waals surface area contributed by atoms with Crippen molar-refractivity contribution in [2.75, 3.05) is 0 Å². The summed E-state index contributed by atoms with van der Waals surface area (Å²) < 4.78 is 0. The van der Waals surface area contributed by atoms with E-state index in [9.17, 15) is 14.9 Å². The van der Waals surface area contributed by atoms with Gasteiger partial charge >= 0.3 is 11.9 Å². The van der Waals surface area contributed by atoms with Crippen molar-refractivity contribution in [3.63, 3.8) is 0 Å². The zero-order chi connectivity index (χ0) is 13.6. The Kier molecular flexibility index (Phi) is 4.86. The molecule has 96 valence electrons. The molecule has 1 aromatic rings. The van der Waals surface area contributed by atoms with Gasteiger partial charge in [-0.1, -0.05) is 0 Å². The Morgan fingerprint density at radius 3 is 2.17 bits per heavy atom. The highest BCUT2D eigenvalue weighted by atomic mass is 32.1. The molecular formula is C12H13NO4S. The predicted molar refractivity (Wildman–Crippen MR) is 65.3 cm³/mol. The second-order valence-corrected chi connectivity index (χ2v) is 4.77. The topological polar surface area (TPSA) is 98.4 Å². The summed E-state index contributed by atoms with van der Waals surface area (Å²) in [5.74, 6) is -1.97. The normalized spacial score (nSPS) is 10.8. The van der Waals surface area contributed by atoms with E-state index >= 15 is 0 Å². The molecule has 0 fully saturated rings. The first-order valence-corrected chi connectivity index (χ1v) is 6.32. The lowest BCUT2D eigenvalue weighted by Crippen LogP contribution is -2.26. The van der Waals surface area contributed by atoms with Crippen molar-refractivity contribution in [1.29, 1.82) is 5.26 Å². The fourth-order valence-electron chi connectivity index (χ4n) is 1.77. The third kappa shape index (κ3) is 3.57. The molecule has 0 amide bonds. The fraction of sp³-hybridized carbons (Fsp3) is 0.417. The molecule has 0 aliphatic heterocycles. The van der Waals surface area contributed by atoms with Crippen LogP contribution < -0.4 is 0 Å². The van der Waals surface area contributed by atoms with Crippen molar-refractivity contribution in [3.8, 4) is 6.07 Å². The van der Waals surface area contributed by atoms with E-state index in [2.05, 4.69) is 6.07 Å². The van der Waals surface area contributed by atoms with Gasteiger partial charge in [0.05, 0.1) is 11.5 Å². The first-order chi connectivity index (χ1) is 8.50. The lowest BCUT2D eigenvalue weighted by Gasteiger charge is -2.24. The number of hydrogen-bond acceptors (Lipinski definition) is 4. The maximum absolute atomic E-state index is 10.6. The largest absolute Gasteiger partial charge is 0.481 e. The van der Waals surface area contributed by atoms with Crippen LogP contribution in [0.5, 0.6) is 0 Å². The first kappa shape index (κ1) is 14.2. The van der Waals surface area contributed by atoms with Crippen molar-refractivity contribution in [3.05, 3.63) is 22.4 Å². The molecule has 0 atom stereocenters. The quantitative estimate of drug-likeness (QED) is 0.789. The van der Waals surface area contributed by atoms with Crippen LogP contribution in [0.1, 0.15) is 31.2 Å². The summed E-state index contributed by atoms with van der Waals surface area (Å²) in [5.41, 5.74) is -0.311. The minimum atomic E-state index is -1.02. The van der Waals surface area contributed by atoms with Gasteiger partial charge in [0.1, 0.15) is 0 Å². The van der Waals surface area contributed by atoms with Gasteiger partial charge in [-0.3, -0.25) is 9.59 Å². The Morgan fingerprint density at radius 1 is 1.28 bits per heavy atom. The van der Waals surface area contributed by atoms with E-state index in [0.717, 1.165) is 0 Å². The molecular weight excluding hydrogens is 254 g/mol. The molecule has 0 bridgehead atoms. The highest BCUT2D eigenvalue weighted by Crippen LogP contribution is 2.35. The average Bonchev–Trinajstić information content (AvgIpc) is 2.83. The predicted octanol–water partition coefficient (Wildman–Crippen LogP) is 2.24. The second-order valence-electron chi connectivity index (χ2n) is 3.99. The van der Waals surface area contributed by atoms with Crippen LogP contribution in [-0.2, 0) is 15.0 Å². The zero-order valence-electron chi connectivity index (χ0n) is 9.63. The number of carbonyl (C=O) groups is 2. The van der Waals surface area contributed by atoms with Gasteiger partial charge in [0.15, 0.2) is 0 Å². The smallest absolute Gasteiger partial charge is 0.303 e. The van der Waals surface area contributed by atoms with Gasteiger partial charge in [0, 0.05) is 12.8 Å². The molecule has 0 saturated carbocycles. The van der Waals surface area contributed by atoms with Gasteiger partial charge in [-0.25, -0.2) is 0 Å². The fourth-order valence-corrected chi connectivity index (χ4v) is 2.52. The molecule has 0 saturated heterocycles. The molecule has 2 N–H and O–H groups in total. The number of hydrogen-bond donors (Lipinski definition) is 2. The highest BCUT2D eigenvalue weighted by Gasteiger charge is 2.33. The number of rotatable bonds is 7. The molecule has 0 aliphatic rings. The van der Waals surface area contributed by atoms with Crippen molar-refractivity contribution < 1.29 is 19.8 Å². The van der Waals surface area contributed by atoms with Crippen LogP contribution >= 0.6 is 11.3 Å². The van der Waals surface area contributed by atoms with E-state index in [0.29, 0.717) is 5.56 Å². The lowest BCUT2D eigenvalue weighted by atomic mass is 9.75. The van der Waals surface area contributed by atoms with Gasteiger partial charge < -0.3 is 10.2 Å². The molecule has 5 nitrogen and oxygen atoms in total. The summed E-state index contributed by atoms with van der Waals surface area (Å²) in [6.45, 7) is 0. The molecule has 0 spiro atoms. The molecule has 0 unspecified atom stereocenters. The summed E-state index contributed by atoms with van der Waals surface area (Å²) >= 11 is 1.40. The van der Waals surface area contributed by atoms with Crippen molar-refractivity contribution >= 4 is 23.3 Å². The Bertz CT molecular complexity index is 443. The third-order valence-corrected chi connectivity index (χ3v) is 3.50. The molecule has 1 rings (SSSR count). The van der Waals surface area contributed by atoms with Crippen LogP contribution in [0.15, 0.2) is 16.8 Å². The zero-order valence-corrected chi connectivity index (χ0v) is 10.4. The second kappa shape index (κ2) is 6.17. The number of nitrogens with zero attached hydrogens (tertiary/aromatic N) is 1. The summed E-state index contributed by atoms with van der Waals surface area (Å²) in [6, 6.07) is 3.86. The molecule has 0 aromatic carbocycles. The molecule has 1 aromatic heterocycles. The van der Waals surface area contributed by atoms with Crippen molar-refractivity contribution in [2.45, 2.75) is 31.1 Å². The Balaban J connectivity index is 2.94. The number of carboxylic acids is 2. The number of thiophene rings is 1. The molecule has 0 aliphatic carbocycles. The Labute approximate surface area is 108 Å². The van der Waals surface area contributed by atoms with Gasteiger partial charge in [0.25, 0.3) is 0 Å². The van der Waals surface area contributed by atoms with Crippen molar-refractivity contribution in [2.24, 2.45) is 0 Å². The van der Waals surface area contributed by atoms with Crippen molar-refractivity contribution in [1.82, 2.24) is 0 Å². The number of carboxylic acid groups (broad SMARTS) is 2. The SMILES string of the molecule is N#CC(CCC(=O)O)(CCC(=O)O)c1ccsc1.